The van der Waals surface area contributed by atoms with Crippen LogP contribution in [0.3, 0.4) is 0 Å². The van der Waals surface area contributed by atoms with Crippen LogP contribution >= 0.6 is 0 Å². The lowest BCUT2D eigenvalue weighted by atomic mass is 9.76. The van der Waals surface area contributed by atoms with Gasteiger partial charge in [-0.2, -0.15) is 0 Å². The largest absolute Gasteiger partial charge is 0.377 e. The van der Waals surface area contributed by atoms with Crippen LogP contribution < -0.4 is 5.32 Å². The topological polar surface area (TPSA) is 55.4 Å². The lowest BCUT2D eigenvalue weighted by molar-refractivity contribution is 0.0265. The lowest BCUT2D eigenvalue weighted by Crippen LogP contribution is -2.48. The minimum Gasteiger partial charge on any atom is -0.377 e. The Bertz CT molecular complexity index is 451. The summed E-state index contributed by atoms with van der Waals surface area (Å²) in [6.45, 7) is 9.84. The van der Waals surface area contributed by atoms with Gasteiger partial charge in [0.15, 0.2) is 0 Å². The second-order valence-corrected chi connectivity index (χ2v) is 10.3. The first-order valence-electron chi connectivity index (χ1n) is 8.24. The Kier molecular flexibility index (Phi) is 5.06. The van der Waals surface area contributed by atoms with Crippen LogP contribution in [0.25, 0.3) is 0 Å². The van der Waals surface area contributed by atoms with Crippen molar-refractivity contribution in [1.82, 2.24) is 5.32 Å². The molecule has 0 aromatic carbocycles. The monoisotopic (exact) mass is 317 g/mol. The summed E-state index contributed by atoms with van der Waals surface area (Å²) in [7, 11) is -2.91. The second kappa shape index (κ2) is 6.17. The number of nitrogens with one attached hydrogen (secondary N) is 1. The molecule has 0 radical (unpaired) electrons. The van der Waals surface area contributed by atoms with Gasteiger partial charge in [-0.1, -0.05) is 6.92 Å². The molecule has 2 aliphatic rings. The molecule has 124 valence electrons. The highest BCUT2D eigenvalue weighted by atomic mass is 32.2. The quantitative estimate of drug-likeness (QED) is 0.783. The van der Waals surface area contributed by atoms with E-state index in [9.17, 15) is 8.42 Å². The van der Waals surface area contributed by atoms with Crippen LogP contribution in [0.4, 0.5) is 0 Å². The molecule has 2 atom stereocenters. The third-order valence-corrected chi connectivity index (χ3v) is 6.58. The highest BCUT2D eigenvalue weighted by Crippen LogP contribution is 2.49. The Morgan fingerprint density at radius 2 is 1.95 bits per heavy atom. The van der Waals surface area contributed by atoms with E-state index >= 15 is 0 Å². The van der Waals surface area contributed by atoms with Crippen molar-refractivity contribution >= 4 is 9.84 Å². The van der Waals surface area contributed by atoms with Gasteiger partial charge in [-0.25, -0.2) is 8.42 Å². The van der Waals surface area contributed by atoms with E-state index in [1.165, 1.54) is 12.8 Å². The SMILES string of the molecule is CCS(=O)(=O)CCC1(CNC(C)(C)C)CCOC1C1CC1. The van der Waals surface area contributed by atoms with Gasteiger partial charge in [0, 0.05) is 29.9 Å². The minimum absolute atomic E-state index is 0.00329. The lowest BCUT2D eigenvalue weighted by Gasteiger charge is -2.37. The van der Waals surface area contributed by atoms with E-state index in [0.29, 0.717) is 11.7 Å². The van der Waals surface area contributed by atoms with Crippen LogP contribution in [0.15, 0.2) is 0 Å². The zero-order valence-corrected chi connectivity index (χ0v) is 14.8. The van der Waals surface area contributed by atoms with Gasteiger partial charge in [-0.3, -0.25) is 0 Å². The molecule has 0 aromatic heterocycles. The smallest absolute Gasteiger partial charge is 0.150 e. The molecule has 0 bridgehead atoms. The van der Waals surface area contributed by atoms with Gasteiger partial charge in [0.25, 0.3) is 0 Å². The van der Waals surface area contributed by atoms with Crippen molar-refractivity contribution in [1.29, 1.82) is 0 Å². The van der Waals surface area contributed by atoms with E-state index in [0.717, 1.165) is 26.0 Å². The summed E-state index contributed by atoms with van der Waals surface area (Å²) in [5.41, 5.74) is 0.0456. The average Bonchev–Trinajstić information content (AvgIpc) is 3.15. The van der Waals surface area contributed by atoms with Crippen LogP contribution in [-0.2, 0) is 14.6 Å². The first-order valence-corrected chi connectivity index (χ1v) is 10.1. The molecule has 1 saturated heterocycles. The number of hydrogen-bond acceptors (Lipinski definition) is 4. The van der Waals surface area contributed by atoms with E-state index < -0.39 is 9.84 Å². The summed E-state index contributed by atoms with van der Waals surface area (Å²) in [6, 6.07) is 0. The molecule has 5 heteroatoms. The molecule has 1 saturated carbocycles. The second-order valence-electron chi connectivity index (χ2n) is 7.83. The van der Waals surface area contributed by atoms with E-state index in [1.54, 1.807) is 6.92 Å². The summed E-state index contributed by atoms with van der Waals surface area (Å²) in [5.74, 6) is 1.19. The fourth-order valence-electron chi connectivity index (χ4n) is 3.23. The Labute approximate surface area is 129 Å². The van der Waals surface area contributed by atoms with Gasteiger partial charge in [-0.05, 0) is 52.4 Å². The molecule has 2 fully saturated rings. The normalized spacial score (nSPS) is 30.8. The fourth-order valence-corrected chi connectivity index (χ4v) is 4.24. The highest BCUT2D eigenvalue weighted by Gasteiger charge is 2.51. The number of rotatable bonds is 7. The van der Waals surface area contributed by atoms with Crippen molar-refractivity contribution < 1.29 is 13.2 Å². The molecule has 1 aliphatic carbocycles. The standard InChI is InChI=1S/C16H31NO3S/c1-5-21(18,19)11-9-16(12-17-15(2,3)4)8-10-20-14(16)13-6-7-13/h13-14,17H,5-12H2,1-4H3. The summed E-state index contributed by atoms with van der Waals surface area (Å²) in [6.07, 6.45) is 4.44. The van der Waals surface area contributed by atoms with Crippen molar-refractivity contribution in [3.8, 4) is 0 Å². The summed E-state index contributed by atoms with van der Waals surface area (Å²) < 4.78 is 29.9. The Balaban J connectivity index is 2.09. The molecule has 2 rings (SSSR count). The van der Waals surface area contributed by atoms with Crippen LogP contribution in [0.2, 0.25) is 0 Å². The zero-order chi connectivity index (χ0) is 15.7. The molecule has 4 nitrogen and oxygen atoms in total. The van der Waals surface area contributed by atoms with Crippen molar-refractivity contribution in [2.75, 3.05) is 24.7 Å². The Morgan fingerprint density at radius 1 is 1.29 bits per heavy atom. The fraction of sp³-hybridized carbons (Fsp3) is 1.00. The van der Waals surface area contributed by atoms with Gasteiger partial charge in [-0.15, -0.1) is 0 Å². The number of sulfone groups is 1. The molecule has 1 N–H and O–H groups in total. The predicted octanol–water partition coefficient (Wildman–Crippen LogP) is 2.38. The minimum atomic E-state index is -2.91. The van der Waals surface area contributed by atoms with Crippen LogP contribution in [0.1, 0.15) is 53.4 Å². The number of hydrogen-bond donors (Lipinski definition) is 1. The van der Waals surface area contributed by atoms with Gasteiger partial charge in [0.2, 0.25) is 0 Å². The van der Waals surface area contributed by atoms with Crippen LogP contribution in [0, 0.1) is 11.3 Å². The third kappa shape index (κ3) is 4.67. The molecule has 0 amide bonds. The molecule has 2 unspecified atom stereocenters. The Morgan fingerprint density at radius 3 is 2.48 bits per heavy atom. The maximum absolute atomic E-state index is 11.9. The third-order valence-electron chi connectivity index (χ3n) is 4.87. The first-order chi connectivity index (χ1) is 9.68. The molecule has 21 heavy (non-hydrogen) atoms. The summed E-state index contributed by atoms with van der Waals surface area (Å²) in [4.78, 5) is 0. The maximum atomic E-state index is 11.9. The van der Waals surface area contributed by atoms with E-state index in [-0.39, 0.29) is 22.8 Å². The summed E-state index contributed by atoms with van der Waals surface area (Å²) in [5, 5.41) is 3.60. The molecule has 1 aliphatic heterocycles. The van der Waals surface area contributed by atoms with E-state index in [2.05, 4.69) is 26.1 Å². The number of ether oxygens (including phenoxy) is 1. The molecular weight excluding hydrogens is 286 g/mol. The van der Waals surface area contributed by atoms with Crippen LogP contribution in [0.5, 0.6) is 0 Å². The highest BCUT2D eigenvalue weighted by molar-refractivity contribution is 7.91. The van der Waals surface area contributed by atoms with E-state index in [4.69, 9.17) is 4.74 Å². The van der Waals surface area contributed by atoms with Gasteiger partial charge >= 0.3 is 0 Å². The van der Waals surface area contributed by atoms with Crippen molar-refractivity contribution in [2.24, 2.45) is 11.3 Å². The predicted molar refractivity (Wildman–Crippen MR) is 86.2 cm³/mol. The van der Waals surface area contributed by atoms with Gasteiger partial charge in [0.05, 0.1) is 11.9 Å². The Hall–Kier alpha value is -0.130. The molecule has 0 aromatic rings. The molecular formula is C16H31NO3S. The van der Waals surface area contributed by atoms with Crippen molar-refractivity contribution in [3.63, 3.8) is 0 Å². The van der Waals surface area contributed by atoms with E-state index in [1.807, 2.05) is 0 Å². The molecule has 1 heterocycles. The molecule has 0 spiro atoms. The average molecular weight is 317 g/mol. The van der Waals surface area contributed by atoms with Gasteiger partial charge in [0.1, 0.15) is 9.84 Å². The van der Waals surface area contributed by atoms with Crippen molar-refractivity contribution in [3.05, 3.63) is 0 Å². The van der Waals surface area contributed by atoms with Crippen LogP contribution in [-0.4, -0.2) is 44.7 Å². The van der Waals surface area contributed by atoms with Gasteiger partial charge < -0.3 is 10.1 Å². The zero-order valence-electron chi connectivity index (χ0n) is 13.9. The summed E-state index contributed by atoms with van der Waals surface area (Å²) >= 11 is 0. The van der Waals surface area contributed by atoms with Crippen molar-refractivity contribution in [2.45, 2.75) is 65.0 Å². The first kappa shape index (κ1) is 17.2. The maximum Gasteiger partial charge on any atom is 0.150 e.